The summed E-state index contributed by atoms with van der Waals surface area (Å²) in [6, 6.07) is 8.79. The molecule has 1 aliphatic rings. The van der Waals surface area contributed by atoms with E-state index in [1.165, 1.54) is 11.8 Å². The largest absolute Gasteiger partial charge is 0.385 e. The summed E-state index contributed by atoms with van der Waals surface area (Å²) >= 11 is 1.21. The predicted molar refractivity (Wildman–Crippen MR) is 122 cm³/mol. The van der Waals surface area contributed by atoms with Crippen molar-refractivity contribution in [1.29, 1.82) is 0 Å². The Labute approximate surface area is 190 Å². The topological polar surface area (TPSA) is 71.0 Å². The lowest BCUT2D eigenvalue weighted by atomic mass is 10.1. The number of benzene rings is 2. The normalized spacial score (nSPS) is 17.3. The van der Waals surface area contributed by atoms with Crippen LogP contribution in [0.25, 0.3) is 0 Å². The molecule has 0 aromatic heterocycles. The number of methoxy groups -OCH3 is 1. The lowest BCUT2D eigenvalue weighted by Crippen LogP contribution is -2.34. The van der Waals surface area contributed by atoms with Crippen LogP contribution in [0.2, 0.25) is 0 Å². The van der Waals surface area contributed by atoms with Gasteiger partial charge in [0.15, 0.2) is 5.17 Å². The second kappa shape index (κ2) is 10.7. The zero-order chi connectivity index (χ0) is 23.3. The van der Waals surface area contributed by atoms with E-state index in [9.17, 15) is 18.4 Å². The summed E-state index contributed by atoms with van der Waals surface area (Å²) in [7, 11) is 1.59. The molecular weight excluding hydrogens is 436 g/mol. The van der Waals surface area contributed by atoms with Gasteiger partial charge in [0.05, 0.1) is 11.4 Å². The van der Waals surface area contributed by atoms with Crippen LogP contribution in [0.3, 0.4) is 0 Å². The Hall–Kier alpha value is -2.78. The summed E-state index contributed by atoms with van der Waals surface area (Å²) in [5.41, 5.74) is 2.71. The third-order valence-corrected chi connectivity index (χ3v) is 5.93. The Kier molecular flexibility index (Phi) is 7.98. The average molecular weight is 462 g/mol. The molecule has 0 saturated carbocycles. The number of nitrogens with one attached hydrogen (secondary N) is 1. The Morgan fingerprint density at radius 3 is 2.56 bits per heavy atom. The molecule has 0 spiro atoms. The second-order valence-electron chi connectivity index (χ2n) is 7.56. The molecule has 1 fully saturated rings. The molecule has 3 rings (SSSR count). The lowest BCUT2D eigenvalue weighted by molar-refractivity contribution is -0.128. The molecule has 170 valence electrons. The van der Waals surface area contributed by atoms with Crippen molar-refractivity contribution in [3.63, 3.8) is 0 Å². The maximum atomic E-state index is 13.8. The van der Waals surface area contributed by atoms with Gasteiger partial charge >= 0.3 is 0 Å². The molecule has 1 aliphatic heterocycles. The highest BCUT2D eigenvalue weighted by atomic mass is 32.2. The fourth-order valence-corrected chi connectivity index (χ4v) is 4.57. The van der Waals surface area contributed by atoms with E-state index in [-0.39, 0.29) is 18.0 Å². The third-order valence-electron chi connectivity index (χ3n) is 4.76. The van der Waals surface area contributed by atoms with Gasteiger partial charge in [0.1, 0.15) is 16.9 Å². The number of halogens is 2. The number of anilines is 1. The van der Waals surface area contributed by atoms with E-state index in [0.717, 1.165) is 28.9 Å². The first-order valence-electron chi connectivity index (χ1n) is 10.2. The number of aryl methyl sites for hydroxylation is 2. The summed E-state index contributed by atoms with van der Waals surface area (Å²) in [6.45, 7) is 4.84. The number of ether oxygens (including phenoxy) is 1. The van der Waals surface area contributed by atoms with Gasteiger partial charge in [-0.2, -0.15) is 0 Å². The maximum absolute atomic E-state index is 13.8. The van der Waals surface area contributed by atoms with Gasteiger partial charge in [-0.15, -0.1) is 0 Å². The second-order valence-corrected chi connectivity index (χ2v) is 8.73. The summed E-state index contributed by atoms with van der Waals surface area (Å²) in [4.78, 5) is 31.7. The molecular formula is C23H25F2N3O3S. The molecule has 2 aromatic rings. The van der Waals surface area contributed by atoms with E-state index in [0.29, 0.717) is 30.8 Å². The van der Waals surface area contributed by atoms with E-state index in [2.05, 4.69) is 10.3 Å². The predicted octanol–water partition coefficient (Wildman–Crippen LogP) is 4.58. The van der Waals surface area contributed by atoms with Crippen LogP contribution in [0.1, 0.15) is 24.0 Å². The van der Waals surface area contributed by atoms with Crippen LogP contribution in [0.15, 0.2) is 41.4 Å². The number of amidine groups is 1. The summed E-state index contributed by atoms with van der Waals surface area (Å²) in [5, 5.41) is 2.23. The van der Waals surface area contributed by atoms with Crippen molar-refractivity contribution in [2.45, 2.75) is 31.9 Å². The summed E-state index contributed by atoms with van der Waals surface area (Å²) in [5.74, 6) is -2.38. The van der Waals surface area contributed by atoms with Crippen molar-refractivity contribution in [1.82, 2.24) is 4.90 Å². The molecule has 1 heterocycles. The number of rotatable bonds is 8. The van der Waals surface area contributed by atoms with E-state index in [4.69, 9.17) is 4.74 Å². The molecule has 2 aromatic carbocycles. The van der Waals surface area contributed by atoms with E-state index < -0.39 is 22.8 Å². The Balaban J connectivity index is 1.77. The first kappa shape index (κ1) is 23.9. The molecule has 0 aliphatic carbocycles. The Morgan fingerprint density at radius 2 is 1.91 bits per heavy atom. The highest BCUT2D eigenvalue weighted by Crippen LogP contribution is 2.32. The SMILES string of the molecule is COCCCN1C(=O)C(CC(=O)Nc2ccc(F)cc2F)SC1=Nc1cc(C)cc(C)c1. The average Bonchev–Trinajstić information content (AvgIpc) is 2.98. The standard InChI is InChI=1S/C23H25F2N3O3S/c1-14-9-15(2)11-17(10-14)26-23-28(7-4-8-31-3)22(30)20(32-23)13-21(29)27-19-6-5-16(24)12-18(19)25/h5-6,9-12,20H,4,7-8,13H2,1-3H3,(H,27,29). The number of hydrogen-bond donors (Lipinski definition) is 1. The number of aliphatic imine (C=N–C) groups is 1. The smallest absolute Gasteiger partial charge is 0.242 e. The molecule has 9 heteroatoms. The first-order valence-corrected chi connectivity index (χ1v) is 11.0. The zero-order valence-electron chi connectivity index (χ0n) is 18.2. The summed E-state index contributed by atoms with van der Waals surface area (Å²) < 4.78 is 32.0. The van der Waals surface area contributed by atoms with Crippen LogP contribution in [-0.2, 0) is 14.3 Å². The number of hydrogen-bond acceptors (Lipinski definition) is 5. The van der Waals surface area contributed by atoms with Crippen LogP contribution in [-0.4, -0.2) is 47.4 Å². The molecule has 32 heavy (non-hydrogen) atoms. The Bertz CT molecular complexity index is 1020. The summed E-state index contributed by atoms with van der Waals surface area (Å²) in [6.07, 6.45) is 0.460. The highest BCUT2D eigenvalue weighted by Gasteiger charge is 2.39. The van der Waals surface area contributed by atoms with Gasteiger partial charge in [0.2, 0.25) is 11.8 Å². The minimum Gasteiger partial charge on any atom is -0.385 e. The van der Waals surface area contributed by atoms with Gasteiger partial charge in [-0.25, -0.2) is 13.8 Å². The van der Waals surface area contributed by atoms with Gasteiger partial charge in [-0.05, 0) is 55.7 Å². The van der Waals surface area contributed by atoms with Crippen LogP contribution in [0.4, 0.5) is 20.2 Å². The first-order chi connectivity index (χ1) is 15.3. The quantitative estimate of drug-likeness (QED) is 0.585. The van der Waals surface area contributed by atoms with E-state index in [1.807, 2.05) is 32.0 Å². The molecule has 2 amide bonds. The fraction of sp³-hybridized carbons (Fsp3) is 0.348. The van der Waals surface area contributed by atoms with Crippen molar-refractivity contribution in [3.8, 4) is 0 Å². The van der Waals surface area contributed by atoms with Crippen molar-refractivity contribution >= 4 is 40.1 Å². The van der Waals surface area contributed by atoms with E-state index >= 15 is 0 Å². The fourth-order valence-electron chi connectivity index (χ4n) is 3.38. The van der Waals surface area contributed by atoms with Gasteiger partial charge in [-0.3, -0.25) is 14.5 Å². The molecule has 0 bridgehead atoms. The molecule has 1 N–H and O–H groups in total. The van der Waals surface area contributed by atoms with Crippen LogP contribution in [0, 0.1) is 25.5 Å². The molecule has 6 nitrogen and oxygen atoms in total. The van der Waals surface area contributed by atoms with Crippen molar-refractivity contribution in [2.24, 2.45) is 4.99 Å². The zero-order valence-corrected chi connectivity index (χ0v) is 19.0. The van der Waals surface area contributed by atoms with Crippen molar-refractivity contribution in [3.05, 3.63) is 59.2 Å². The Morgan fingerprint density at radius 1 is 1.19 bits per heavy atom. The third kappa shape index (κ3) is 6.14. The number of nitrogens with zero attached hydrogens (tertiary/aromatic N) is 2. The molecule has 1 atom stereocenters. The van der Waals surface area contributed by atoms with Crippen molar-refractivity contribution < 1.29 is 23.1 Å². The number of carbonyl (C=O) groups is 2. The molecule has 1 saturated heterocycles. The van der Waals surface area contributed by atoms with Crippen LogP contribution < -0.4 is 5.32 Å². The van der Waals surface area contributed by atoms with Gasteiger partial charge in [0.25, 0.3) is 0 Å². The minimum absolute atomic E-state index is 0.132. The van der Waals surface area contributed by atoms with Gasteiger partial charge in [-0.1, -0.05) is 17.8 Å². The number of thioether (sulfide) groups is 1. The molecule has 1 unspecified atom stereocenters. The number of amides is 2. The highest BCUT2D eigenvalue weighted by molar-refractivity contribution is 8.15. The van der Waals surface area contributed by atoms with Gasteiger partial charge in [0, 0.05) is 32.7 Å². The van der Waals surface area contributed by atoms with Crippen LogP contribution in [0.5, 0.6) is 0 Å². The van der Waals surface area contributed by atoms with Crippen molar-refractivity contribution in [2.75, 3.05) is 25.6 Å². The molecule has 0 radical (unpaired) electrons. The van der Waals surface area contributed by atoms with Gasteiger partial charge < -0.3 is 10.1 Å². The monoisotopic (exact) mass is 461 g/mol. The van der Waals surface area contributed by atoms with E-state index in [1.54, 1.807) is 12.0 Å². The van der Waals surface area contributed by atoms with Crippen LogP contribution >= 0.6 is 11.8 Å². The lowest BCUT2D eigenvalue weighted by Gasteiger charge is -2.16. The maximum Gasteiger partial charge on any atom is 0.242 e. The number of carbonyl (C=O) groups excluding carboxylic acids is 2. The minimum atomic E-state index is -0.873.